The molecule has 1 unspecified atom stereocenters. The van der Waals surface area contributed by atoms with Gasteiger partial charge < -0.3 is 0 Å². The summed E-state index contributed by atoms with van der Waals surface area (Å²) in [5, 5.41) is 0. The first-order valence-corrected chi connectivity index (χ1v) is 3.68. The first-order valence-electron chi connectivity index (χ1n) is 3.30. The third-order valence-electron chi connectivity index (χ3n) is 1.51. The summed E-state index contributed by atoms with van der Waals surface area (Å²) in [5.41, 5.74) is 0.775. The highest BCUT2D eigenvalue weighted by Gasteiger charge is 2.22. The fourth-order valence-electron chi connectivity index (χ4n) is 0.810. The zero-order valence-electron chi connectivity index (χ0n) is 6.17. The Hall–Kier alpha value is -0.820. The Morgan fingerprint density at radius 2 is 1.91 bits per heavy atom. The van der Waals surface area contributed by atoms with Crippen molar-refractivity contribution in [3.05, 3.63) is 35.9 Å². The van der Waals surface area contributed by atoms with Crippen LogP contribution in [0.1, 0.15) is 12.5 Å². The molecule has 2 heteroatoms. The number of rotatable bonds is 2. The van der Waals surface area contributed by atoms with Crippen molar-refractivity contribution in [2.24, 2.45) is 0 Å². The lowest BCUT2D eigenvalue weighted by atomic mass is 10.0. The number of halogens is 1. The summed E-state index contributed by atoms with van der Waals surface area (Å²) in [6, 6.07) is 9.16. The second-order valence-electron chi connectivity index (χ2n) is 2.47. The van der Waals surface area contributed by atoms with Gasteiger partial charge in [0.05, 0.1) is 0 Å². The molecule has 0 spiro atoms. The van der Waals surface area contributed by atoms with Crippen molar-refractivity contribution in [1.29, 1.82) is 0 Å². The molecule has 0 heterocycles. The van der Waals surface area contributed by atoms with Gasteiger partial charge in [-0.3, -0.25) is 4.79 Å². The fraction of sp³-hybridized carbons (Fsp3) is 0.222. The maximum absolute atomic E-state index is 10.4. The molecule has 0 aliphatic rings. The normalized spacial score (nSPS) is 15.5. The smallest absolute Gasteiger partial charge is 0.225 e. The molecule has 1 aromatic carbocycles. The molecule has 1 aromatic rings. The van der Waals surface area contributed by atoms with Crippen LogP contribution in [0.15, 0.2) is 30.3 Å². The minimum Gasteiger partial charge on any atom is -0.288 e. The second kappa shape index (κ2) is 3.05. The molecule has 57 valence electrons. The summed E-state index contributed by atoms with van der Waals surface area (Å²) in [6.07, 6.45) is 1.77. The van der Waals surface area contributed by atoms with E-state index in [1.165, 1.54) is 0 Å². The molecule has 1 nitrogen and oxygen atoms in total. The Bertz CT molecular complexity index is 241. The highest BCUT2D eigenvalue weighted by Crippen LogP contribution is 2.24. The van der Waals surface area contributed by atoms with E-state index >= 15 is 0 Å². The Morgan fingerprint density at radius 3 is 2.36 bits per heavy atom. The molecule has 1 rings (SSSR count). The summed E-state index contributed by atoms with van der Waals surface area (Å²) >= 11 is 5.82. The first-order chi connectivity index (χ1) is 5.17. The van der Waals surface area contributed by atoms with Crippen LogP contribution in [0.3, 0.4) is 0 Å². The van der Waals surface area contributed by atoms with E-state index in [2.05, 4.69) is 0 Å². The third-order valence-corrected chi connectivity index (χ3v) is 1.80. The predicted octanol–water partition coefficient (Wildman–Crippen LogP) is 2.25. The van der Waals surface area contributed by atoms with Crippen molar-refractivity contribution in [3.8, 4) is 0 Å². The number of alkyl halides is 1. The average Bonchev–Trinajstić information content (AvgIpc) is 2.06. The number of benzene rings is 1. The van der Waals surface area contributed by atoms with Crippen molar-refractivity contribution in [3.63, 3.8) is 0 Å². The monoisotopic (exact) mass is 167 g/mol. The van der Waals surface area contributed by atoms with Crippen molar-refractivity contribution >= 4 is 17.9 Å². The highest BCUT2D eigenvalue weighted by atomic mass is 35.5. The van der Waals surface area contributed by atoms with Crippen molar-refractivity contribution in [1.82, 2.24) is 0 Å². The van der Waals surface area contributed by atoms with Crippen molar-refractivity contribution < 1.29 is 4.79 Å². The van der Waals surface area contributed by atoms with Gasteiger partial charge in [-0.25, -0.2) is 0 Å². The van der Waals surface area contributed by atoms with Gasteiger partial charge in [0.2, 0.25) is 6.29 Å². The molecule has 11 heavy (non-hydrogen) atoms. The SMILES string of the molecule is CC(Cl)([C]=O)c1ccccc1. The molecule has 0 bridgehead atoms. The molecule has 0 aliphatic heterocycles. The van der Waals surface area contributed by atoms with Gasteiger partial charge in [-0.05, 0) is 12.5 Å². The average molecular weight is 168 g/mol. The van der Waals surface area contributed by atoms with Crippen LogP contribution in [0.4, 0.5) is 0 Å². The Labute approximate surface area is 71.0 Å². The molecule has 0 N–H and O–H groups in total. The van der Waals surface area contributed by atoms with Gasteiger partial charge in [-0.1, -0.05) is 30.3 Å². The lowest BCUT2D eigenvalue weighted by Gasteiger charge is -2.12. The molecular weight excluding hydrogens is 160 g/mol. The van der Waals surface area contributed by atoms with Crippen LogP contribution in [-0.2, 0) is 9.67 Å². The van der Waals surface area contributed by atoms with Gasteiger partial charge in [0.1, 0.15) is 4.87 Å². The molecule has 0 aliphatic carbocycles. The highest BCUT2D eigenvalue weighted by molar-refractivity contribution is 6.31. The largest absolute Gasteiger partial charge is 0.288 e. The molecule has 1 radical (unpaired) electrons. The topological polar surface area (TPSA) is 17.1 Å². The van der Waals surface area contributed by atoms with Gasteiger partial charge in [0.15, 0.2) is 0 Å². The van der Waals surface area contributed by atoms with E-state index in [0.29, 0.717) is 0 Å². The minimum absolute atomic E-state index is 0.775. The zero-order chi connectivity index (χ0) is 8.32. The van der Waals surface area contributed by atoms with E-state index in [1.807, 2.05) is 18.2 Å². The van der Waals surface area contributed by atoms with E-state index < -0.39 is 4.87 Å². The van der Waals surface area contributed by atoms with E-state index in [4.69, 9.17) is 11.6 Å². The predicted molar refractivity (Wildman–Crippen MR) is 45.3 cm³/mol. The van der Waals surface area contributed by atoms with Crippen LogP contribution >= 0.6 is 11.6 Å². The quantitative estimate of drug-likeness (QED) is 0.618. The summed E-state index contributed by atoms with van der Waals surface area (Å²) in [4.78, 5) is 9.37. The summed E-state index contributed by atoms with van der Waals surface area (Å²) < 4.78 is 0. The first kappa shape index (κ1) is 8.28. The van der Waals surface area contributed by atoms with Crippen LogP contribution in [-0.4, -0.2) is 6.29 Å². The summed E-state index contributed by atoms with van der Waals surface area (Å²) in [7, 11) is 0. The third kappa shape index (κ3) is 1.81. The Balaban J connectivity index is 3.02. The van der Waals surface area contributed by atoms with E-state index in [1.54, 1.807) is 25.3 Å². The van der Waals surface area contributed by atoms with Gasteiger partial charge in [0, 0.05) is 0 Å². The molecule has 0 amide bonds. The maximum Gasteiger partial charge on any atom is 0.225 e. The molecule has 0 saturated carbocycles. The van der Waals surface area contributed by atoms with Crippen LogP contribution in [0.2, 0.25) is 0 Å². The van der Waals surface area contributed by atoms with Crippen LogP contribution < -0.4 is 0 Å². The molecular formula is C9H8ClO. The number of hydrogen-bond donors (Lipinski definition) is 0. The van der Waals surface area contributed by atoms with Gasteiger partial charge in [0.25, 0.3) is 0 Å². The van der Waals surface area contributed by atoms with E-state index in [0.717, 1.165) is 5.56 Å². The zero-order valence-corrected chi connectivity index (χ0v) is 6.93. The minimum atomic E-state index is -0.999. The van der Waals surface area contributed by atoms with Gasteiger partial charge in [-0.15, -0.1) is 11.6 Å². The Morgan fingerprint density at radius 1 is 1.36 bits per heavy atom. The van der Waals surface area contributed by atoms with Gasteiger partial charge in [-0.2, -0.15) is 0 Å². The number of carbonyl (C=O) groups excluding carboxylic acids is 1. The molecule has 1 atom stereocenters. The molecule has 0 saturated heterocycles. The Kier molecular flexibility index (Phi) is 2.30. The standard InChI is InChI=1S/C9H8ClO/c1-9(10,7-11)8-5-3-2-4-6-8/h2-6H,1H3. The van der Waals surface area contributed by atoms with Crippen molar-refractivity contribution in [2.45, 2.75) is 11.8 Å². The number of hydrogen-bond acceptors (Lipinski definition) is 1. The lowest BCUT2D eigenvalue weighted by molar-refractivity contribution is 0.539. The van der Waals surface area contributed by atoms with Gasteiger partial charge >= 0.3 is 0 Å². The van der Waals surface area contributed by atoms with E-state index in [9.17, 15) is 4.79 Å². The van der Waals surface area contributed by atoms with Crippen LogP contribution in [0.25, 0.3) is 0 Å². The lowest BCUT2D eigenvalue weighted by Crippen LogP contribution is -2.14. The summed E-state index contributed by atoms with van der Waals surface area (Å²) in [5.74, 6) is 0. The molecule has 0 aromatic heterocycles. The molecule has 0 fully saturated rings. The van der Waals surface area contributed by atoms with Crippen LogP contribution in [0.5, 0.6) is 0 Å². The van der Waals surface area contributed by atoms with Crippen LogP contribution in [0, 0.1) is 0 Å². The van der Waals surface area contributed by atoms with E-state index in [-0.39, 0.29) is 0 Å². The fourth-order valence-corrected chi connectivity index (χ4v) is 0.936. The van der Waals surface area contributed by atoms with Crippen molar-refractivity contribution in [2.75, 3.05) is 0 Å². The maximum atomic E-state index is 10.4. The second-order valence-corrected chi connectivity index (χ2v) is 3.23. The summed E-state index contributed by atoms with van der Waals surface area (Å²) in [6.45, 7) is 1.62.